The number of rotatable bonds is 3. The van der Waals surface area contributed by atoms with E-state index in [1.54, 1.807) is 18.8 Å². The van der Waals surface area contributed by atoms with Gasteiger partial charge in [-0.15, -0.1) is 0 Å². The predicted octanol–water partition coefficient (Wildman–Crippen LogP) is 4.03. The molecule has 1 saturated heterocycles. The Hall–Kier alpha value is -1.48. The van der Waals surface area contributed by atoms with Gasteiger partial charge in [-0.1, -0.05) is 0 Å². The molecule has 2 atom stereocenters. The fourth-order valence-electron chi connectivity index (χ4n) is 2.67. The summed E-state index contributed by atoms with van der Waals surface area (Å²) in [5.74, 6) is 1.00. The Labute approximate surface area is 107 Å². The van der Waals surface area contributed by atoms with Crippen LogP contribution in [0.5, 0.6) is 0 Å². The maximum absolute atomic E-state index is 6.19. The molecular weight excluding hydrogens is 228 g/mol. The zero-order valence-electron chi connectivity index (χ0n) is 10.8. The molecule has 3 heterocycles. The number of hydrogen-bond donors (Lipinski definition) is 0. The third kappa shape index (κ3) is 2.23. The van der Waals surface area contributed by atoms with Gasteiger partial charge < -0.3 is 13.6 Å². The molecule has 18 heavy (non-hydrogen) atoms. The standard InChI is InChI=1S/C15H18O3/c1-11-7-13(17-9-11)8-15(2)5-3-14(18-15)12-4-6-16-10-12/h4,6-7,9-10,14H,3,5,8H2,1-2H3/t14-,15+/m0/s1. The van der Waals surface area contributed by atoms with Gasteiger partial charge in [0.25, 0.3) is 0 Å². The number of ether oxygens (including phenoxy) is 1. The molecule has 0 spiro atoms. The molecule has 1 aliphatic heterocycles. The lowest BCUT2D eigenvalue weighted by atomic mass is 9.96. The Kier molecular flexibility index (Phi) is 2.78. The monoisotopic (exact) mass is 246 g/mol. The average Bonchev–Trinajstić information content (AvgIpc) is 3.00. The lowest BCUT2D eigenvalue weighted by molar-refractivity contribution is -0.0319. The summed E-state index contributed by atoms with van der Waals surface area (Å²) in [4.78, 5) is 0. The van der Waals surface area contributed by atoms with Crippen LogP contribution < -0.4 is 0 Å². The summed E-state index contributed by atoms with van der Waals surface area (Å²) in [5, 5.41) is 0. The Morgan fingerprint density at radius 1 is 1.39 bits per heavy atom. The molecule has 0 aliphatic carbocycles. The highest BCUT2D eigenvalue weighted by molar-refractivity contribution is 5.15. The highest BCUT2D eigenvalue weighted by Gasteiger charge is 2.37. The van der Waals surface area contributed by atoms with E-state index in [-0.39, 0.29) is 11.7 Å². The van der Waals surface area contributed by atoms with Crippen LogP contribution in [0.2, 0.25) is 0 Å². The van der Waals surface area contributed by atoms with E-state index in [4.69, 9.17) is 13.6 Å². The van der Waals surface area contributed by atoms with Crippen molar-refractivity contribution in [3.63, 3.8) is 0 Å². The molecule has 3 nitrogen and oxygen atoms in total. The fourth-order valence-corrected chi connectivity index (χ4v) is 2.67. The van der Waals surface area contributed by atoms with Gasteiger partial charge >= 0.3 is 0 Å². The lowest BCUT2D eigenvalue weighted by Gasteiger charge is -2.23. The van der Waals surface area contributed by atoms with Gasteiger partial charge in [0, 0.05) is 12.0 Å². The van der Waals surface area contributed by atoms with Gasteiger partial charge in [0.05, 0.1) is 30.5 Å². The quantitative estimate of drug-likeness (QED) is 0.820. The van der Waals surface area contributed by atoms with E-state index >= 15 is 0 Å². The zero-order valence-corrected chi connectivity index (χ0v) is 10.8. The molecular formula is C15H18O3. The van der Waals surface area contributed by atoms with Crippen LogP contribution in [0.1, 0.15) is 42.8 Å². The van der Waals surface area contributed by atoms with Gasteiger partial charge in [-0.2, -0.15) is 0 Å². The molecule has 96 valence electrons. The second kappa shape index (κ2) is 4.32. The molecule has 2 aromatic heterocycles. The molecule has 0 radical (unpaired) electrons. The van der Waals surface area contributed by atoms with E-state index in [2.05, 4.69) is 13.0 Å². The van der Waals surface area contributed by atoms with Gasteiger partial charge in [0.1, 0.15) is 5.76 Å². The second-order valence-electron chi connectivity index (χ2n) is 5.42. The van der Waals surface area contributed by atoms with Crippen LogP contribution in [-0.4, -0.2) is 5.60 Å². The van der Waals surface area contributed by atoms with Crippen molar-refractivity contribution in [2.45, 2.75) is 44.8 Å². The van der Waals surface area contributed by atoms with Crippen LogP contribution in [0.3, 0.4) is 0 Å². The van der Waals surface area contributed by atoms with E-state index in [0.29, 0.717) is 0 Å². The molecule has 2 aromatic rings. The summed E-state index contributed by atoms with van der Waals surface area (Å²) in [6, 6.07) is 4.06. The van der Waals surface area contributed by atoms with Crippen LogP contribution in [0.4, 0.5) is 0 Å². The van der Waals surface area contributed by atoms with Gasteiger partial charge in [0.2, 0.25) is 0 Å². The van der Waals surface area contributed by atoms with Crippen LogP contribution in [0, 0.1) is 6.92 Å². The van der Waals surface area contributed by atoms with Crippen LogP contribution in [-0.2, 0) is 11.2 Å². The van der Waals surface area contributed by atoms with Crippen molar-refractivity contribution in [3.05, 3.63) is 47.8 Å². The first kappa shape index (κ1) is 11.6. The smallest absolute Gasteiger partial charge is 0.106 e. The zero-order chi connectivity index (χ0) is 12.6. The number of furan rings is 2. The molecule has 1 aliphatic rings. The fraction of sp³-hybridized carbons (Fsp3) is 0.467. The Morgan fingerprint density at radius 2 is 2.28 bits per heavy atom. The maximum atomic E-state index is 6.19. The predicted molar refractivity (Wildman–Crippen MR) is 67.3 cm³/mol. The summed E-state index contributed by atoms with van der Waals surface area (Å²) >= 11 is 0. The summed E-state index contributed by atoms with van der Waals surface area (Å²) in [6.07, 6.45) is 8.33. The van der Waals surface area contributed by atoms with Crippen molar-refractivity contribution in [1.29, 1.82) is 0 Å². The van der Waals surface area contributed by atoms with Crippen molar-refractivity contribution in [1.82, 2.24) is 0 Å². The second-order valence-corrected chi connectivity index (χ2v) is 5.42. The van der Waals surface area contributed by atoms with E-state index in [9.17, 15) is 0 Å². The topological polar surface area (TPSA) is 35.5 Å². The van der Waals surface area contributed by atoms with Crippen molar-refractivity contribution in [2.75, 3.05) is 0 Å². The van der Waals surface area contributed by atoms with Gasteiger partial charge in [-0.25, -0.2) is 0 Å². The lowest BCUT2D eigenvalue weighted by Crippen LogP contribution is -2.26. The Balaban J connectivity index is 1.70. The van der Waals surface area contributed by atoms with E-state index in [1.165, 1.54) is 0 Å². The molecule has 0 amide bonds. The first-order chi connectivity index (χ1) is 8.65. The first-order valence-corrected chi connectivity index (χ1v) is 6.39. The van der Waals surface area contributed by atoms with Crippen molar-refractivity contribution < 1.29 is 13.6 Å². The van der Waals surface area contributed by atoms with Crippen molar-refractivity contribution in [2.24, 2.45) is 0 Å². The van der Waals surface area contributed by atoms with Crippen molar-refractivity contribution in [3.8, 4) is 0 Å². The van der Waals surface area contributed by atoms with Gasteiger partial charge in [-0.05, 0) is 44.4 Å². The molecule has 0 aromatic carbocycles. The van der Waals surface area contributed by atoms with Gasteiger partial charge in [-0.3, -0.25) is 0 Å². The highest BCUT2D eigenvalue weighted by Crippen LogP contribution is 2.41. The SMILES string of the molecule is Cc1coc(C[C@@]2(C)CC[C@@H](c3ccoc3)O2)c1. The normalized spacial score (nSPS) is 27.8. The highest BCUT2D eigenvalue weighted by atomic mass is 16.5. The van der Waals surface area contributed by atoms with E-state index < -0.39 is 0 Å². The van der Waals surface area contributed by atoms with Gasteiger partial charge in [0.15, 0.2) is 0 Å². The Morgan fingerprint density at radius 3 is 2.94 bits per heavy atom. The minimum Gasteiger partial charge on any atom is -0.472 e. The summed E-state index contributed by atoms with van der Waals surface area (Å²) in [6.45, 7) is 4.20. The average molecular weight is 246 g/mol. The minimum absolute atomic E-state index is 0.133. The van der Waals surface area contributed by atoms with Crippen molar-refractivity contribution >= 4 is 0 Å². The third-order valence-electron chi connectivity index (χ3n) is 3.61. The number of aryl methyl sites for hydroxylation is 1. The largest absolute Gasteiger partial charge is 0.472 e. The van der Waals surface area contributed by atoms with Crippen LogP contribution in [0.15, 0.2) is 39.8 Å². The first-order valence-electron chi connectivity index (χ1n) is 6.39. The summed E-state index contributed by atoms with van der Waals surface area (Å²) in [5.41, 5.74) is 2.17. The maximum Gasteiger partial charge on any atom is 0.106 e. The minimum atomic E-state index is -0.133. The van der Waals surface area contributed by atoms with E-state index in [0.717, 1.165) is 36.1 Å². The number of hydrogen-bond acceptors (Lipinski definition) is 3. The molecule has 0 saturated carbocycles. The molecule has 0 N–H and O–H groups in total. The van der Waals surface area contributed by atoms with E-state index in [1.807, 2.05) is 13.0 Å². The summed E-state index contributed by atoms with van der Waals surface area (Å²) in [7, 11) is 0. The molecule has 3 heteroatoms. The van der Waals surface area contributed by atoms with Crippen LogP contribution in [0.25, 0.3) is 0 Å². The summed E-state index contributed by atoms with van der Waals surface area (Å²) < 4.78 is 16.8. The Bertz CT molecular complexity index is 512. The van der Waals surface area contributed by atoms with Crippen LogP contribution >= 0.6 is 0 Å². The third-order valence-corrected chi connectivity index (χ3v) is 3.61. The molecule has 3 rings (SSSR count). The molecule has 0 unspecified atom stereocenters. The molecule has 1 fully saturated rings. The molecule has 0 bridgehead atoms.